The van der Waals surface area contributed by atoms with Crippen LogP contribution in [0.1, 0.15) is 68.4 Å². The van der Waals surface area contributed by atoms with Gasteiger partial charge in [-0.15, -0.1) is 0 Å². The van der Waals surface area contributed by atoms with Gasteiger partial charge >= 0.3 is 0 Å². The first-order valence-corrected chi connectivity index (χ1v) is 9.67. The van der Waals surface area contributed by atoms with Gasteiger partial charge in [0.05, 0.1) is 6.61 Å². The summed E-state index contributed by atoms with van der Waals surface area (Å²) in [4.78, 5) is 12.5. The second kappa shape index (κ2) is 7.86. The summed E-state index contributed by atoms with van der Waals surface area (Å²) in [6, 6.07) is 5.23. The van der Waals surface area contributed by atoms with Crippen LogP contribution in [0.15, 0.2) is 18.2 Å². The van der Waals surface area contributed by atoms with Crippen molar-refractivity contribution in [2.24, 2.45) is 11.3 Å². The quantitative estimate of drug-likeness (QED) is 0.781. The first-order chi connectivity index (χ1) is 12.0. The van der Waals surface area contributed by atoms with Gasteiger partial charge in [-0.1, -0.05) is 31.4 Å². The molecule has 3 rings (SSSR count). The largest absolute Gasteiger partial charge is 0.396 e. The van der Waals surface area contributed by atoms with Crippen LogP contribution in [0.25, 0.3) is 0 Å². The van der Waals surface area contributed by atoms with Crippen molar-refractivity contribution in [2.45, 2.75) is 64.2 Å². The minimum Gasteiger partial charge on any atom is -0.396 e. The van der Waals surface area contributed by atoms with Gasteiger partial charge in [-0.2, -0.15) is 0 Å². The van der Waals surface area contributed by atoms with E-state index in [4.69, 9.17) is 0 Å². The van der Waals surface area contributed by atoms with Crippen molar-refractivity contribution < 1.29 is 14.3 Å². The zero-order valence-electron chi connectivity index (χ0n) is 15.2. The molecule has 0 saturated heterocycles. The number of aryl methyl sites for hydroxylation is 1. The van der Waals surface area contributed by atoms with Gasteiger partial charge in [0.2, 0.25) is 5.91 Å². The van der Waals surface area contributed by atoms with Gasteiger partial charge in [0.15, 0.2) is 0 Å². The van der Waals surface area contributed by atoms with Crippen LogP contribution < -0.4 is 5.32 Å². The van der Waals surface area contributed by atoms with Crippen LogP contribution >= 0.6 is 0 Å². The number of aliphatic hydroxyl groups excluding tert-OH is 1. The summed E-state index contributed by atoms with van der Waals surface area (Å²) in [7, 11) is 0. The fourth-order valence-electron chi connectivity index (χ4n) is 4.20. The highest BCUT2D eigenvalue weighted by atomic mass is 19.1. The number of amides is 1. The molecule has 2 aliphatic carbocycles. The van der Waals surface area contributed by atoms with E-state index in [0.717, 1.165) is 44.1 Å². The molecular formula is C21H30FNO2. The predicted molar refractivity (Wildman–Crippen MR) is 96.8 cm³/mol. The van der Waals surface area contributed by atoms with Crippen molar-refractivity contribution in [3.05, 3.63) is 35.1 Å². The van der Waals surface area contributed by atoms with Crippen LogP contribution in [0.4, 0.5) is 4.39 Å². The van der Waals surface area contributed by atoms with Gasteiger partial charge in [0.1, 0.15) is 5.82 Å². The maximum atomic E-state index is 13.5. The maximum Gasteiger partial charge on any atom is 0.220 e. The number of carbonyl (C=O) groups excluding carboxylic acids is 1. The summed E-state index contributed by atoms with van der Waals surface area (Å²) in [6.07, 6.45) is 8.23. The second-order valence-electron chi connectivity index (χ2n) is 8.15. The molecule has 0 aromatic heterocycles. The molecular weight excluding hydrogens is 317 g/mol. The van der Waals surface area contributed by atoms with Gasteiger partial charge in [0, 0.05) is 18.4 Å². The smallest absolute Gasteiger partial charge is 0.220 e. The molecule has 1 atom stereocenters. The van der Waals surface area contributed by atoms with E-state index in [1.165, 1.54) is 12.5 Å². The van der Waals surface area contributed by atoms with Crippen molar-refractivity contribution in [1.29, 1.82) is 0 Å². The first kappa shape index (κ1) is 18.4. The molecule has 0 bridgehead atoms. The highest BCUT2D eigenvalue weighted by Gasteiger charge is 2.35. The van der Waals surface area contributed by atoms with Crippen molar-refractivity contribution in [2.75, 3.05) is 13.2 Å². The van der Waals surface area contributed by atoms with E-state index in [1.54, 1.807) is 6.92 Å². The Morgan fingerprint density at radius 2 is 2.04 bits per heavy atom. The molecule has 0 aliphatic heterocycles. The van der Waals surface area contributed by atoms with E-state index >= 15 is 0 Å². The molecule has 2 aliphatic rings. The number of rotatable bonds is 7. The second-order valence-corrected chi connectivity index (χ2v) is 8.15. The highest BCUT2D eigenvalue weighted by molar-refractivity contribution is 5.77. The number of halogens is 1. The number of hydrogen-bond acceptors (Lipinski definition) is 2. The molecule has 1 unspecified atom stereocenters. The molecule has 2 saturated carbocycles. The van der Waals surface area contributed by atoms with Gasteiger partial charge in [-0.05, 0) is 61.6 Å². The van der Waals surface area contributed by atoms with Crippen LogP contribution in [0.5, 0.6) is 0 Å². The molecule has 138 valence electrons. The van der Waals surface area contributed by atoms with Gasteiger partial charge in [-0.3, -0.25) is 4.79 Å². The lowest BCUT2D eigenvalue weighted by atomic mass is 9.74. The van der Waals surface area contributed by atoms with Gasteiger partial charge in [0.25, 0.3) is 0 Å². The number of nitrogens with one attached hydrogen (secondary N) is 1. The van der Waals surface area contributed by atoms with Crippen molar-refractivity contribution in [3.63, 3.8) is 0 Å². The summed E-state index contributed by atoms with van der Waals surface area (Å²) in [5, 5.41) is 12.9. The number of benzene rings is 1. The maximum absolute atomic E-state index is 13.5. The lowest BCUT2D eigenvalue weighted by Gasteiger charge is -2.35. The normalized spacial score (nSPS) is 20.9. The molecule has 2 N–H and O–H groups in total. The van der Waals surface area contributed by atoms with Gasteiger partial charge < -0.3 is 10.4 Å². The third kappa shape index (κ3) is 4.60. The standard InChI is InChI=1S/C21H30FNO2/c1-15-11-17(7-8-19(15)22)18(16-5-6-16)12-20(25)23-13-21(14-24)9-3-2-4-10-21/h7-8,11,16,18,24H,2-6,9-10,12-14H2,1H3,(H,23,25). The van der Waals surface area contributed by atoms with Crippen molar-refractivity contribution in [3.8, 4) is 0 Å². The molecule has 0 radical (unpaired) electrons. The van der Waals surface area contributed by atoms with Gasteiger partial charge in [-0.25, -0.2) is 4.39 Å². The monoisotopic (exact) mass is 347 g/mol. The third-order valence-electron chi connectivity index (χ3n) is 6.12. The Morgan fingerprint density at radius 1 is 1.32 bits per heavy atom. The number of aliphatic hydroxyl groups is 1. The van der Waals surface area contributed by atoms with Crippen LogP contribution in [0.3, 0.4) is 0 Å². The Hall–Kier alpha value is -1.42. The summed E-state index contributed by atoms with van der Waals surface area (Å²) >= 11 is 0. The molecule has 1 amide bonds. The predicted octanol–water partition coefficient (Wildman–Crippen LogP) is 4.08. The molecule has 0 spiro atoms. The van der Waals surface area contributed by atoms with Crippen LogP contribution in [-0.2, 0) is 4.79 Å². The van der Waals surface area contributed by atoms with E-state index in [9.17, 15) is 14.3 Å². The lowest BCUT2D eigenvalue weighted by molar-refractivity contribution is -0.122. The zero-order chi connectivity index (χ0) is 17.9. The van der Waals surface area contributed by atoms with E-state index < -0.39 is 0 Å². The zero-order valence-corrected chi connectivity index (χ0v) is 15.2. The van der Waals surface area contributed by atoms with Crippen molar-refractivity contribution >= 4 is 5.91 Å². The van der Waals surface area contributed by atoms with E-state index in [2.05, 4.69) is 5.32 Å². The minimum atomic E-state index is -0.190. The van der Waals surface area contributed by atoms with Crippen LogP contribution in [-0.4, -0.2) is 24.2 Å². The Balaban J connectivity index is 1.60. The third-order valence-corrected chi connectivity index (χ3v) is 6.12. The molecule has 3 nitrogen and oxygen atoms in total. The lowest BCUT2D eigenvalue weighted by Crippen LogP contribution is -2.41. The van der Waals surface area contributed by atoms with E-state index in [-0.39, 0.29) is 29.7 Å². The molecule has 0 heterocycles. The molecule has 1 aromatic carbocycles. The number of carbonyl (C=O) groups is 1. The summed E-state index contributed by atoms with van der Waals surface area (Å²) in [6.45, 7) is 2.50. The Labute approximate surface area is 150 Å². The minimum absolute atomic E-state index is 0.0530. The first-order valence-electron chi connectivity index (χ1n) is 9.67. The molecule has 1 aromatic rings. The Bertz CT molecular complexity index is 606. The average Bonchev–Trinajstić information content (AvgIpc) is 3.46. The summed E-state index contributed by atoms with van der Waals surface area (Å²) in [5.74, 6) is 0.579. The molecule has 25 heavy (non-hydrogen) atoms. The highest BCUT2D eigenvalue weighted by Crippen LogP contribution is 2.45. The fraction of sp³-hybridized carbons (Fsp3) is 0.667. The topological polar surface area (TPSA) is 49.3 Å². The van der Waals surface area contributed by atoms with Crippen LogP contribution in [0, 0.1) is 24.1 Å². The average molecular weight is 347 g/mol. The van der Waals surface area contributed by atoms with Crippen LogP contribution in [0.2, 0.25) is 0 Å². The number of hydrogen-bond donors (Lipinski definition) is 2. The Morgan fingerprint density at radius 3 is 2.64 bits per heavy atom. The summed E-state index contributed by atoms with van der Waals surface area (Å²) < 4.78 is 13.5. The van der Waals surface area contributed by atoms with E-state index in [1.807, 2.05) is 12.1 Å². The Kier molecular flexibility index (Phi) is 5.78. The summed E-state index contributed by atoms with van der Waals surface area (Å²) in [5.41, 5.74) is 1.59. The SMILES string of the molecule is Cc1cc(C(CC(=O)NCC2(CO)CCCCC2)C2CC2)ccc1F. The van der Waals surface area contributed by atoms with Crippen molar-refractivity contribution in [1.82, 2.24) is 5.32 Å². The molecule has 2 fully saturated rings. The van der Waals surface area contributed by atoms with E-state index in [0.29, 0.717) is 24.4 Å². The fourth-order valence-corrected chi connectivity index (χ4v) is 4.20. The molecule has 4 heteroatoms.